The highest BCUT2D eigenvalue weighted by molar-refractivity contribution is 6.31. The van der Waals surface area contributed by atoms with Gasteiger partial charge in [-0.15, -0.1) is 0 Å². The van der Waals surface area contributed by atoms with Crippen LogP contribution in [0.15, 0.2) is 94.9 Å². The van der Waals surface area contributed by atoms with Crippen molar-refractivity contribution in [2.75, 3.05) is 14.2 Å². The smallest absolute Gasteiger partial charge is 0.127 e. The molecule has 0 unspecified atom stereocenters. The number of ether oxygens (including phenoxy) is 2. The molecule has 0 aliphatic rings. The molecule has 2 N–H and O–H groups in total. The average Bonchev–Trinajstić information content (AvgIpc) is 2.95. The lowest BCUT2D eigenvalue weighted by Gasteiger charge is -2.13. The van der Waals surface area contributed by atoms with Crippen LogP contribution in [-0.4, -0.2) is 36.9 Å². The molecule has 8 heteroatoms. The van der Waals surface area contributed by atoms with Crippen LogP contribution in [0.25, 0.3) is 0 Å². The molecule has 40 heavy (non-hydrogen) atoms. The Bertz CT molecular complexity index is 1450. The number of methoxy groups -OCH3 is 2. The maximum Gasteiger partial charge on any atom is 0.127 e. The van der Waals surface area contributed by atoms with Gasteiger partial charge in [-0.1, -0.05) is 35.4 Å². The van der Waals surface area contributed by atoms with Crippen molar-refractivity contribution < 1.29 is 19.7 Å². The van der Waals surface area contributed by atoms with Gasteiger partial charge in [0.25, 0.3) is 0 Å². The second kappa shape index (κ2) is 13.2. The summed E-state index contributed by atoms with van der Waals surface area (Å²) in [6.45, 7) is 4.17. The first-order valence-electron chi connectivity index (χ1n) is 12.3. The Balaban J connectivity index is 1.50. The van der Waals surface area contributed by atoms with E-state index in [2.05, 4.69) is 16.6 Å². The van der Waals surface area contributed by atoms with Crippen LogP contribution in [0.2, 0.25) is 10.0 Å². The van der Waals surface area contributed by atoms with Gasteiger partial charge in [-0.3, -0.25) is 9.98 Å². The molecule has 4 aromatic rings. The van der Waals surface area contributed by atoms with Crippen LogP contribution in [0.3, 0.4) is 0 Å². The van der Waals surface area contributed by atoms with Crippen LogP contribution < -0.4 is 9.47 Å². The van der Waals surface area contributed by atoms with E-state index in [4.69, 9.17) is 32.7 Å². The lowest BCUT2D eigenvalue weighted by molar-refractivity contribution is 0.415. The summed E-state index contributed by atoms with van der Waals surface area (Å²) in [6, 6.07) is 21.2. The summed E-state index contributed by atoms with van der Waals surface area (Å²) in [4.78, 5) is 8.87. The van der Waals surface area contributed by atoms with E-state index in [1.807, 2.05) is 48.5 Å². The molecule has 0 heterocycles. The number of nitrogens with zero attached hydrogens (tertiary/aromatic N) is 2. The Morgan fingerprint density at radius 1 is 0.700 bits per heavy atom. The van der Waals surface area contributed by atoms with Crippen LogP contribution >= 0.6 is 23.2 Å². The molecular formula is C32H28Cl2N2O4. The zero-order chi connectivity index (χ0) is 28.6. The van der Waals surface area contributed by atoms with Gasteiger partial charge in [-0.25, -0.2) is 0 Å². The van der Waals surface area contributed by atoms with Crippen LogP contribution in [0.5, 0.6) is 23.0 Å². The number of allylic oxidation sites excluding steroid dienone is 1. The van der Waals surface area contributed by atoms with Crippen LogP contribution in [-0.2, 0) is 12.8 Å². The average molecular weight is 575 g/mol. The Labute approximate surface area is 243 Å². The normalized spacial score (nSPS) is 11.3. The predicted octanol–water partition coefficient (Wildman–Crippen LogP) is 8.26. The molecule has 0 saturated heterocycles. The molecule has 4 aromatic carbocycles. The molecule has 0 bridgehead atoms. The Morgan fingerprint density at radius 2 is 1.07 bits per heavy atom. The van der Waals surface area contributed by atoms with Gasteiger partial charge in [-0.05, 0) is 85.6 Å². The largest absolute Gasteiger partial charge is 0.507 e. The third-order valence-electron chi connectivity index (χ3n) is 6.10. The summed E-state index contributed by atoms with van der Waals surface area (Å²) < 4.78 is 10.3. The lowest BCUT2D eigenvalue weighted by Crippen LogP contribution is -1.99. The highest BCUT2D eigenvalue weighted by Crippen LogP contribution is 2.32. The third-order valence-corrected chi connectivity index (χ3v) is 6.53. The Hall–Kier alpha value is -4.26. The van der Waals surface area contributed by atoms with Crippen molar-refractivity contribution in [3.05, 3.63) is 117 Å². The van der Waals surface area contributed by atoms with Crippen molar-refractivity contribution in [1.82, 2.24) is 0 Å². The Kier molecular flexibility index (Phi) is 9.48. The molecule has 0 fully saturated rings. The zero-order valence-corrected chi connectivity index (χ0v) is 23.6. The molecule has 0 atom stereocenters. The van der Waals surface area contributed by atoms with Crippen molar-refractivity contribution in [3.8, 4) is 23.0 Å². The van der Waals surface area contributed by atoms with Gasteiger partial charge in [0.05, 0.1) is 25.6 Å². The van der Waals surface area contributed by atoms with E-state index in [1.54, 1.807) is 50.9 Å². The van der Waals surface area contributed by atoms with Gasteiger partial charge in [0, 0.05) is 44.7 Å². The predicted molar refractivity (Wildman–Crippen MR) is 163 cm³/mol. The summed E-state index contributed by atoms with van der Waals surface area (Å²) in [5.41, 5.74) is 4.30. The second-order valence-corrected chi connectivity index (χ2v) is 9.89. The van der Waals surface area contributed by atoms with E-state index in [9.17, 15) is 10.2 Å². The zero-order valence-electron chi connectivity index (χ0n) is 22.1. The second-order valence-electron chi connectivity index (χ2n) is 9.02. The van der Waals surface area contributed by atoms with Crippen LogP contribution in [0.1, 0.15) is 22.3 Å². The molecule has 4 rings (SSSR count). The number of phenolic OH excluding ortho intramolecular Hbond substituents is 2. The molecule has 0 aromatic heterocycles. The summed E-state index contributed by atoms with van der Waals surface area (Å²) in [5.74, 6) is 1.58. The molecule has 0 spiro atoms. The number of aromatic hydroxyl groups is 2. The maximum atomic E-state index is 10.9. The molecule has 6 nitrogen and oxygen atoms in total. The monoisotopic (exact) mass is 574 g/mol. The first-order chi connectivity index (χ1) is 19.2. The van der Waals surface area contributed by atoms with Gasteiger partial charge in [0.2, 0.25) is 0 Å². The van der Waals surface area contributed by atoms with Crippen molar-refractivity contribution in [2.24, 2.45) is 9.98 Å². The minimum Gasteiger partial charge on any atom is -0.507 e. The number of halogens is 2. The van der Waals surface area contributed by atoms with Gasteiger partial charge < -0.3 is 19.7 Å². The SMILES string of the molecule is C=C(Cc1cc(Cl)cc(C=Nc2ccc(OC)cc2)c1O)Cc1cc(Cl)cc(C=Nc2ccc(OC)cc2)c1O. The van der Waals surface area contributed by atoms with E-state index in [1.165, 1.54) is 0 Å². The van der Waals surface area contributed by atoms with Crippen LogP contribution in [0, 0.1) is 0 Å². The number of phenols is 2. The Morgan fingerprint density at radius 3 is 1.43 bits per heavy atom. The van der Waals surface area contributed by atoms with E-state index >= 15 is 0 Å². The van der Waals surface area contributed by atoms with E-state index in [-0.39, 0.29) is 11.5 Å². The number of hydrogen-bond acceptors (Lipinski definition) is 6. The van der Waals surface area contributed by atoms with Gasteiger partial charge in [0.15, 0.2) is 0 Å². The fourth-order valence-electron chi connectivity index (χ4n) is 4.05. The molecule has 0 amide bonds. The van der Waals surface area contributed by atoms with Gasteiger partial charge in [0.1, 0.15) is 23.0 Å². The van der Waals surface area contributed by atoms with Crippen LogP contribution in [0.4, 0.5) is 11.4 Å². The van der Waals surface area contributed by atoms with Crippen molar-refractivity contribution in [1.29, 1.82) is 0 Å². The number of aliphatic imine (C=N–C) groups is 2. The summed E-state index contributed by atoms with van der Waals surface area (Å²) >= 11 is 12.7. The third kappa shape index (κ3) is 7.44. The lowest BCUT2D eigenvalue weighted by atomic mass is 9.96. The molecule has 0 aliphatic heterocycles. The summed E-state index contributed by atoms with van der Waals surface area (Å²) in [7, 11) is 3.20. The number of benzene rings is 4. The van der Waals surface area contributed by atoms with Crippen molar-refractivity contribution in [3.63, 3.8) is 0 Å². The van der Waals surface area contributed by atoms with Gasteiger partial charge in [-0.2, -0.15) is 0 Å². The van der Waals surface area contributed by atoms with Gasteiger partial charge >= 0.3 is 0 Å². The minimum absolute atomic E-state index is 0.0606. The van der Waals surface area contributed by atoms with E-state index in [0.717, 1.165) is 17.1 Å². The van der Waals surface area contributed by atoms with E-state index < -0.39 is 0 Å². The highest BCUT2D eigenvalue weighted by atomic mass is 35.5. The fraction of sp³-hybridized carbons (Fsp3) is 0.125. The first kappa shape index (κ1) is 28.7. The summed E-state index contributed by atoms with van der Waals surface area (Å²) in [6.07, 6.45) is 3.78. The number of rotatable bonds is 10. The molecule has 204 valence electrons. The quantitative estimate of drug-likeness (QED) is 0.147. The molecule has 0 saturated carbocycles. The van der Waals surface area contributed by atoms with Crippen molar-refractivity contribution >= 4 is 47.0 Å². The molecule has 0 aliphatic carbocycles. The fourth-order valence-corrected chi connectivity index (χ4v) is 4.55. The highest BCUT2D eigenvalue weighted by Gasteiger charge is 2.14. The molecule has 0 radical (unpaired) electrons. The van der Waals surface area contributed by atoms with E-state index in [0.29, 0.717) is 56.5 Å². The minimum atomic E-state index is 0.0606. The first-order valence-corrected chi connectivity index (χ1v) is 13.1. The topological polar surface area (TPSA) is 83.6 Å². The standard InChI is InChI=1S/C32H28Cl2N2O4/c1-20(12-21-14-25(33)16-23(31(21)37)18-35-27-4-8-29(39-2)9-5-27)13-22-15-26(34)17-24(32(22)38)19-36-28-6-10-30(40-3)11-7-28/h4-11,14-19,37-38H,1,12-13H2,2-3H3. The maximum absolute atomic E-state index is 10.9. The number of hydrogen-bond donors (Lipinski definition) is 2. The van der Waals surface area contributed by atoms with Crippen molar-refractivity contribution in [2.45, 2.75) is 12.8 Å². The summed E-state index contributed by atoms with van der Waals surface area (Å²) in [5, 5.41) is 22.8. The molecular weight excluding hydrogens is 547 g/mol.